The third-order valence-electron chi connectivity index (χ3n) is 4.76. The van der Waals surface area contributed by atoms with E-state index in [0.717, 1.165) is 22.5 Å². The number of imidazole rings is 1. The van der Waals surface area contributed by atoms with E-state index < -0.39 is 11.6 Å². The quantitative estimate of drug-likeness (QED) is 0.487. The number of hydrogen-bond donors (Lipinski definition) is 1. The van der Waals surface area contributed by atoms with Gasteiger partial charge in [-0.2, -0.15) is 0 Å². The van der Waals surface area contributed by atoms with E-state index in [9.17, 15) is 8.78 Å². The Morgan fingerprint density at radius 3 is 2.07 bits per heavy atom. The molecule has 2 heterocycles. The summed E-state index contributed by atoms with van der Waals surface area (Å²) in [6, 6.07) is 15.5. The maximum Gasteiger partial charge on any atom is 0.143 e. The highest BCUT2D eigenvalue weighted by Gasteiger charge is 2.22. The van der Waals surface area contributed by atoms with E-state index in [1.807, 2.05) is 61.6 Å². The van der Waals surface area contributed by atoms with Crippen molar-refractivity contribution in [2.45, 2.75) is 20.8 Å². The van der Waals surface area contributed by atoms with E-state index in [-0.39, 0.29) is 11.3 Å². The van der Waals surface area contributed by atoms with Gasteiger partial charge in [0, 0.05) is 11.4 Å². The SMILES string of the molecule is Cc1cccc(C)c1Nc1c(-c2c(F)cccc2F)nc2cccc(C)n12. The van der Waals surface area contributed by atoms with Crippen molar-refractivity contribution in [2.75, 3.05) is 5.32 Å². The summed E-state index contributed by atoms with van der Waals surface area (Å²) in [6.45, 7) is 5.93. The van der Waals surface area contributed by atoms with Crippen molar-refractivity contribution < 1.29 is 8.78 Å². The van der Waals surface area contributed by atoms with Gasteiger partial charge in [0.2, 0.25) is 0 Å². The number of hydrogen-bond acceptors (Lipinski definition) is 2. The normalized spacial score (nSPS) is 11.1. The molecule has 2 aromatic carbocycles. The van der Waals surface area contributed by atoms with Gasteiger partial charge in [-0.1, -0.05) is 30.3 Å². The highest BCUT2D eigenvalue weighted by molar-refractivity contribution is 5.81. The Kier molecular flexibility index (Phi) is 4.15. The predicted octanol–water partition coefficient (Wildman–Crippen LogP) is 5.95. The van der Waals surface area contributed by atoms with Crippen molar-refractivity contribution in [2.24, 2.45) is 0 Å². The van der Waals surface area contributed by atoms with Crippen molar-refractivity contribution >= 4 is 17.2 Å². The summed E-state index contributed by atoms with van der Waals surface area (Å²) in [4.78, 5) is 4.54. The number of anilines is 2. The zero-order chi connectivity index (χ0) is 19.1. The number of halogens is 2. The Morgan fingerprint density at radius 2 is 1.41 bits per heavy atom. The van der Waals surface area contributed by atoms with Gasteiger partial charge in [0.05, 0.1) is 5.56 Å². The van der Waals surface area contributed by atoms with Crippen molar-refractivity contribution in [1.82, 2.24) is 9.38 Å². The highest BCUT2D eigenvalue weighted by Crippen LogP contribution is 2.36. The van der Waals surface area contributed by atoms with Crippen LogP contribution in [0.25, 0.3) is 16.9 Å². The number of aryl methyl sites for hydroxylation is 3. The van der Waals surface area contributed by atoms with Crippen LogP contribution in [0, 0.1) is 32.4 Å². The second kappa shape index (κ2) is 6.50. The molecule has 27 heavy (non-hydrogen) atoms. The lowest BCUT2D eigenvalue weighted by molar-refractivity contribution is 0.589. The lowest BCUT2D eigenvalue weighted by Crippen LogP contribution is -2.03. The number of fused-ring (bicyclic) bond motifs is 1. The maximum absolute atomic E-state index is 14.5. The Balaban J connectivity index is 2.03. The molecule has 0 radical (unpaired) electrons. The molecule has 0 amide bonds. The summed E-state index contributed by atoms with van der Waals surface area (Å²) in [5, 5.41) is 3.39. The van der Waals surface area contributed by atoms with Gasteiger partial charge in [-0.3, -0.25) is 4.40 Å². The van der Waals surface area contributed by atoms with E-state index >= 15 is 0 Å². The number of pyridine rings is 1. The number of para-hydroxylation sites is 1. The van der Waals surface area contributed by atoms with Crippen LogP contribution in [0.1, 0.15) is 16.8 Å². The highest BCUT2D eigenvalue weighted by atomic mass is 19.1. The molecule has 0 aliphatic rings. The molecular formula is C22H19F2N3. The third kappa shape index (κ3) is 2.85. The molecule has 0 spiro atoms. The Bertz CT molecular complexity index is 1120. The molecule has 136 valence electrons. The zero-order valence-corrected chi connectivity index (χ0v) is 15.3. The van der Waals surface area contributed by atoms with Crippen LogP contribution in [-0.4, -0.2) is 9.38 Å². The fourth-order valence-electron chi connectivity index (χ4n) is 3.40. The molecule has 0 saturated heterocycles. The minimum Gasteiger partial charge on any atom is -0.339 e. The summed E-state index contributed by atoms with van der Waals surface area (Å²) in [5.41, 5.74) is 4.65. The molecule has 0 fully saturated rings. The first-order valence-electron chi connectivity index (χ1n) is 8.73. The molecule has 0 atom stereocenters. The lowest BCUT2D eigenvalue weighted by atomic mass is 10.1. The van der Waals surface area contributed by atoms with E-state index in [1.165, 1.54) is 18.2 Å². The van der Waals surface area contributed by atoms with Crippen molar-refractivity contribution in [1.29, 1.82) is 0 Å². The summed E-state index contributed by atoms with van der Waals surface area (Å²) < 4.78 is 30.9. The largest absolute Gasteiger partial charge is 0.339 e. The van der Waals surface area contributed by atoms with Gasteiger partial charge in [0.1, 0.15) is 28.8 Å². The monoisotopic (exact) mass is 363 g/mol. The van der Waals surface area contributed by atoms with Crippen LogP contribution < -0.4 is 5.32 Å². The first-order chi connectivity index (χ1) is 13.0. The van der Waals surface area contributed by atoms with Gasteiger partial charge in [0.15, 0.2) is 0 Å². The van der Waals surface area contributed by atoms with E-state index in [2.05, 4.69) is 10.3 Å². The third-order valence-corrected chi connectivity index (χ3v) is 4.76. The molecule has 0 saturated carbocycles. The first-order valence-corrected chi connectivity index (χ1v) is 8.73. The van der Waals surface area contributed by atoms with Crippen LogP contribution >= 0.6 is 0 Å². The molecule has 1 N–H and O–H groups in total. The van der Waals surface area contributed by atoms with Gasteiger partial charge >= 0.3 is 0 Å². The minimum atomic E-state index is -0.638. The van der Waals surface area contributed by atoms with Crippen molar-refractivity contribution in [3.8, 4) is 11.3 Å². The molecule has 4 rings (SSSR count). The maximum atomic E-state index is 14.5. The minimum absolute atomic E-state index is 0.130. The van der Waals surface area contributed by atoms with Crippen LogP contribution in [0.4, 0.5) is 20.3 Å². The van der Waals surface area contributed by atoms with Gasteiger partial charge in [-0.05, 0) is 56.2 Å². The van der Waals surface area contributed by atoms with E-state index in [0.29, 0.717) is 11.5 Å². The van der Waals surface area contributed by atoms with Crippen LogP contribution in [0.15, 0.2) is 54.6 Å². The number of benzene rings is 2. The van der Waals surface area contributed by atoms with Crippen LogP contribution in [0.3, 0.4) is 0 Å². The second-order valence-electron chi connectivity index (χ2n) is 6.66. The number of rotatable bonds is 3. The average Bonchev–Trinajstić information content (AvgIpc) is 2.97. The lowest BCUT2D eigenvalue weighted by Gasteiger charge is -2.15. The summed E-state index contributed by atoms with van der Waals surface area (Å²) >= 11 is 0. The number of aromatic nitrogens is 2. The molecular weight excluding hydrogens is 344 g/mol. The van der Waals surface area contributed by atoms with E-state index in [1.54, 1.807) is 0 Å². The van der Waals surface area contributed by atoms with E-state index in [4.69, 9.17) is 0 Å². The van der Waals surface area contributed by atoms with Crippen molar-refractivity contribution in [3.05, 3.63) is 83.1 Å². The first kappa shape index (κ1) is 17.2. The Morgan fingerprint density at radius 1 is 0.815 bits per heavy atom. The Hall–Kier alpha value is -3.21. The van der Waals surface area contributed by atoms with Gasteiger partial charge in [-0.25, -0.2) is 13.8 Å². The van der Waals surface area contributed by atoms with Gasteiger partial charge in [0.25, 0.3) is 0 Å². The fraction of sp³-hybridized carbons (Fsp3) is 0.136. The van der Waals surface area contributed by atoms with Gasteiger partial charge in [-0.15, -0.1) is 0 Å². The number of nitrogens with one attached hydrogen (secondary N) is 1. The van der Waals surface area contributed by atoms with Crippen molar-refractivity contribution in [3.63, 3.8) is 0 Å². The standard InChI is InChI=1S/C22H19F2N3/c1-13-7-4-8-14(2)20(13)26-22-21(19-16(23)10-6-11-17(19)24)25-18-12-5-9-15(3)27(18)22/h4-12,26H,1-3H3. The molecule has 0 bridgehead atoms. The molecule has 0 aliphatic heterocycles. The fourth-order valence-corrected chi connectivity index (χ4v) is 3.40. The molecule has 4 aromatic rings. The average molecular weight is 363 g/mol. The summed E-state index contributed by atoms with van der Waals surface area (Å²) in [6.07, 6.45) is 0. The Labute approximate surface area is 156 Å². The van der Waals surface area contributed by atoms with Gasteiger partial charge < -0.3 is 5.32 Å². The smallest absolute Gasteiger partial charge is 0.143 e. The molecule has 3 nitrogen and oxygen atoms in total. The predicted molar refractivity (Wildman–Crippen MR) is 104 cm³/mol. The summed E-state index contributed by atoms with van der Waals surface area (Å²) in [7, 11) is 0. The van der Waals surface area contributed by atoms with Crippen LogP contribution in [0.5, 0.6) is 0 Å². The molecule has 5 heteroatoms. The second-order valence-corrected chi connectivity index (χ2v) is 6.66. The van der Waals surface area contributed by atoms with Crippen LogP contribution in [-0.2, 0) is 0 Å². The van der Waals surface area contributed by atoms with Crippen LogP contribution in [0.2, 0.25) is 0 Å². The molecule has 0 unspecified atom stereocenters. The topological polar surface area (TPSA) is 29.3 Å². The summed E-state index contributed by atoms with van der Waals surface area (Å²) in [5.74, 6) is -0.731. The molecule has 0 aliphatic carbocycles. The number of nitrogens with zero attached hydrogens (tertiary/aromatic N) is 2. The molecule has 2 aromatic heterocycles. The zero-order valence-electron chi connectivity index (χ0n) is 15.3.